The van der Waals surface area contributed by atoms with Gasteiger partial charge in [-0.05, 0) is 20.3 Å². The third-order valence-corrected chi connectivity index (χ3v) is 3.71. The number of halogens is 1. The number of hydrogen-bond donors (Lipinski definition) is 1. The molecule has 1 aromatic heterocycles. The highest BCUT2D eigenvalue weighted by atomic mass is 35.5. The molecule has 1 N–H and O–H groups in total. The van der Waals surface area contributed by atoms with Crippen LogP contribution in [-0.2, 0) is 0 Å². The van der Waals surface area contributed by atoms with Crippen LogP contribution in [-0.4, -0.2) is 33.8 Å². The molecule has 2 rings (SSSR count). The second kappa shape index (κ2) is 4.67. The smallest absolute Gasteiger partial charge is 0.137 e. The van der Waals surface area contributed by atoms with E-state index >= 15 is 0 Å². The number of β-amino-alcohol motifs (C(OH)–C–C–N with tert-alkyl or cyclic N) is 1. The average molecular weight is 270 g/mol. The maximum atomic E-state index is 10.0. The van der Waals surface area contributed by atoms with Crippen molar-refractivity contribution in [1.82, 2.24) is 9.97 Å². The van der Waals surface area contributed by atoms with Crippen LogP contribution in [0.25, 0.3) is 0 Å². The Bertz CT molecular complexity index is 460. The zero-order valence-electron chi connectivity index (χ0n) is 11.4. The Morgan fingerprint density at radius 2 is 2.06 bits per heavy atom. The fraction of sp³-hybridized carbons (Fsp3) is 0.692. The van der Waals surface area contributed by atoms with Crippen molar-refractivity contribution in [3.05, 3.63) is 16.5 Å². The SMILES string of the molecule is Cc1c(Cl)nc(C(C)C)nc1N1CCC(C)(O)C1. The summed E-state index contributed by atoms with van der Waals surface area (Å²) in [5.74, 6) is 1.86. The maximum Gasteiger partial charge on any atom is 0.137 e. The lowest BCUT2D eigenvalue weighted by Crippen LogP contribution is -2.30. The first kappa shape index (κ1) is 13.6. The fourth-order valence-electron chi connectivity index (χ4n) is 2.19. The van der Waals surface area contributed by atoms with E-state index in [2.05, 4.69) is 14.9 Å². The number of hydrogen-bond acceptors (Lipinski definition) is 4. The van der Waals surface area contributed by atoms with Gasteiger partial charge in [0.15, 0.2) is 0 Å². The van der Waals surface area contributed by atoms with Crippen LogP contribution in [0.3, 0.4) is 0 Å². The molecule has 0 saturated carbocycles. The predicted molar refractivity (Wildman–Crippen MR) is 73.3 cm³/mol. The molecule has 100 valence electrons. The standard InChI is InChI=1S/C13H20ClN3O/c1-8(2)11-15-10(14)9(3)12(16-11)17-6-5-13(4,18)7-17/h8,18H,5-7H2,1-4H3. The molecule has 0 aliphatic carbocycles. The minimum absolute atomic E-state index is 0.241. The molecule has 1 aromatic rings. The Balaban J connectivity index is 2.38. The van der Waals surface area contributed by atoms with E-state index in [1.807, 2.05) is 27.7 Å². The first-order valence-corrected chi connectivity index (χ1v) is 6.69. The summed E-state index contributed by atoms with van der Waals surface area (Å²) in [7, 11) is 0. The zero-order valence-corrected chi connectivity index (χ0v) is 12.1. The number of rotatable bonds is 2. The highest BCUT2D eigenvalue weighted by Gasteiger charge is 2.33. The molecule has 0 radical (unpaired) electrons. The van der Waals surface area contributed by atoms with Gasteiger partial charge in [-0.1, -0.05) is 25.4 Å². The van der Waals surface area contributed by atoms with E-state index in [9.17, 15) is 5.11 Å². The van der Waals surface area contributed by atoms with Crippen LogP contribution in [0.15, 0.2) is 0 Å². The van der Waals surface area contributed by atoms with Crippen molar-refractivity contribution in [2.75, 3.05) is 18.0 Å². The van der Waals surface area contributed by atoms with E-state index in [1.165, 1.54) is 0 Å². The number of aromatic nitrogens is 2. The van der Waals surface area contributed by atoms with Crippen molar-refractivity contribution in [2.45, 2.75) is 45.6 Å². The quantitative estimate of drug-likeness (QED) is 0.839. The summed E-state index contributed by atoms with van der Waals surface area (Å²) in [4.78, 5) is 11.0. The lowest BCUT2D eigenvalue weighted by atomic mass is 10.1. The number of nitrogens with zero attached hydrogens (tertiary/aromatic N) is 3. The van der Waals surface area contributed by atoms with Crippen LogP contribution in [0.1, 0.15) is 44.5 Å². The molecule has 1 aliphatic rings. The van der Waals surface area contributed by atoms with Gasteiger partial charge in [0.05, 0.1) is 5.60 Å². The van der Waals surface area contributed by atoms with Crippen LogP contribution in [0.2, 0.25) is 5.15 Å². The normalized spacial score (nSPS) is 24.1. The number of aliphatic hydroxyl groups is 1. The molecular formula is C13H20ClN3O. The van der Waals surface area contributed by atoms with Crippen molar-refractivity contribution in [2.24, 2.45) is 0 Å². The van der Waals surface area contributed by atoms with Gasteiger partial charge >= 0.3 is 0 Å². The van der Waals surface area contributed by atoms with Gasteiger partial charge in [-0.15, -0.1) is 0 Å². The maximum absolute atomic E-state index is 10.0. The van der Waals surface area contributed by atoms with Gasteiger partial charge in [-0.3, -0.25) is 0 Å². The van der Waals surface area contributed by atoms with Crippen molar-refractivity contribution < 1.29 is 5.11 Å². The van der Waals surface area contributed by atoms with E-state index in [4.69, 9.17) is 11.6 Å². The third kappa shape index (κ3) is 2.59. The molecule has 5 heteroatoms. The van der Waals surface area contributed by atoms with Gasteiger partial charge in [-0.2, -0.15) is 0 Å². The highest BCUT2D eigenvalue weighted by molar-refractivity contribution is 6.30. The van der Waals surface area contributed by atoms with E-state index in [0.717, 1.165) is 30.2 Å². The van der Waals surface area contributed by atoms with Gasteiger partial charge in [0.2, 0.25) is 0 Å². The largest absolute Gasteiger partial charge is 0.388 e. The first-order chi connectivity index (χ1) is 8.30. The summed E-state index contributed by atoms with van der Waals surface area (Å²) in [6, 6.07) is 0. The number of anilines is 1. The lowest BCUT2D eigenvalue weighted by Gasteiger charge is -2.22. The van der Waals surface area contributed by atoms with Gasteiger partial charge in [0, 0.05) is 24.6 Å². The molecule has 1 aliphatic heterocycles. The molecule has 0 amide bonds. The van der Waals surface area contributed by atoms with Crippen LogP contribution in [0.4, 0.5) is 5.82 Å². The molecule has 4 nitrogen and oxygen atoms in total. The van der Waals surface area contributed by atoms with Crippen LogP contribution < -0.4 is 4.90 Å². The Kier molecular flexibility index (Phi) is 3.52. The molecule has 1 saturated heterocycles. The predicted octanol–water partition coefficient (Wildman–Crippen LogP) is 2.52. The Morgan fingerprint density at radius 1 is 1.39 bits per heavy atom. The molecular weight excluding hydrogens is 250 g/mol. The molecule has 1 unspecified atom stereocenters. The van der Waals surface area contributed by atoms with Gasteiger partial charge < -0.3 is 10.0 Å². The highest BCUT2D eigenvalue weighted by Crippen LogP contribution is 2.30. The van der Waals surface area contributed by atoms with Crippen LogP contribution >= 0.6 is 11.6 Å². The summed E-state index contributed by atoms with van der Waals surface area (Å²) in [6.45, 7) is 9.27. The van der Waals surface area contributed by atoms with E-state index in [1.54, 1.807) is 0 Å². The van der Waals surface area contributed by atoms with Crippen molar-refractivity contribution in [3.63, 3.8) is 0 Å². The molecule has 1 fully saturated rings. The fourth-order valence-corrected chi connectivity index (χ4v) is 2.36. The topological polar surface area (TPSA) is 49.2 Å². The molecule has 18 heavy (non-hydrogen) atoms. The second-order valence-electron chi connectivity index (χ2n) is 5.64. The summed E-state index contributed by atoms with van der Waals surface area (Å²) < 4.78 is 0. The van der Waals surface area contributed by atoms with E-state index in [-0.39, 0.29) is 5.92 Å². The second-order valence-corrected chi connectivity index (χ2v) is 6.00. The van der Waals surface area contributed by atoms with Gasteiger partial charge in [-0.25, -0.2) is 9.97 Å². The Hall–Kier alpha value is -0.870. The van der Waals surface area contributed by atoms with Gasteiger partial charge in [0.1, 0.15) is 16.8 Å². The molecule has 1 atom stereocenters. The average Bonchev–Trinajstić information content (AvgIpc) is 2.62. The summed E-state index contributed by atoms with van der Waals surface area (Å²) in [5.41, 5.74) is 0.251. The summed E-state index contributed by atoms with van der Waals surface area (Å²) >= 11 is 6.17. The van der Waals surface area contributed by atoms with Gasteiger partial charge in [0.25, 0.3) is 0 Å². The lowest BCUT2D eigenvalue weighted by molar-refractivity contribution is 0.0839. The summed E-state index contributed by atoms with van der Waals surface area (Å²) in [5, 5.41) is 10.6. The molecule has 0 spiro atoms. The van der Waals surface area contributed by atoms with Crippen molar-refractivity contribution in [1.29, 1.82) is 0 Å². The zero-order chi connectivity index (χ0) is 13.5. The van der Waals surface area contributed by atoms with Crippen LogP contribution in [0.5, 0.6) is 0 Å². The molecule has 2 heterocycles. The third-order valence-electron chi connectivity index (χ3n) is 3.35. The molecule has 0 aromatic carbocycles. The monoisotopic (exact) mass is 269 g/mol. The Labute approximate surface area is 113 Å². The van der Waals surface area contributed by atoms with Crippen LogP contribution in [0, 0.1) is 6.92 Å². The van der Waals surface area contributed by atoms with E-state index < -0.39 is 5.60 Å². The first-order valence-electron chi connectivity index (χ1n) is 6.31. The van der Waals surface area contributed by atoms with Crippen molar-refractivity contribution >= 4 is 17.4 Å². The Morgan fingerprint density at radius 3 is 2.56 bits per heavy atom. The molecule has 0 bridgehead atoms. The summed E-state index contributed by atoms with van der Waals surface area (Å²) in [6.07, 6.45) is 0.755. The van der Waals surface area contributed by atoms with E-state index in [0.29, 0.717) is 11.7 Å². The van der Waals surface area contributed by atoms with Crippen molar-refractivity contribution in [3.8, 4) is 0 Å². The minimum atomic E-state index is -0.637. The minimum Gasteiger partial charge on any atom is -0.388 e.